The molecule has 2 aromatic carbocycles. The maximum atomic E-state index is 14.3. The Bertz CT molecular complexity index is 710. The minimum atomic E-state index is -1.19. The Labute approximate surface area is 144 Å². The van der Waals surface area contributed by atoms with E-state index >= 15 is 0 Å². The van der Waals surface area contributed by atoms with Crippen molar-refractivity contribution in [3.63, 3.8) is 0 Å². The zero-order valence-corrected chi connectivity index (χ0v) is 13.7. The molecule has 0 aromatic heterocycles. The first-order valence-corrected chi connectivity index (χ1v) is 7.75. The summed E-state index contributed by atoms with van der Waals surface area (Å²) in [7, 11) is 0. The van der Waals surface area contributed by atoms with Crippen molar-refractivity contribution in [2.45, 2.75) is 19.6 Å². The minimum Gasteiger partial charge on any atom is -0.486 e. The number of halogens is 2. The van der Waals surface area contributed by atoms with Gasteiger partial charge in [0, 0.05) is 5.56 Å². The Morgan fingerprint density at radius 3 is 2.52 bits per heavy atom. The van der Waals surface area contributed by atoms with Crippen LogP contribution in [0.1, 0.15) is 24.1 Å². The Hall–Kier alpha value is -2.67. The topological polar surface area (TPSA) is 67.8 Å². The summed E-state index contributed by atoms with van der Waals surface area (Å²) < 4.78 is 38.5. The number of hydrogen-bond acceptors (Lipinski definition) is 4. The zero-order chi connectivity index (χ0) is 18.2. The van der Waals surface area contributed by atoms with Gasteiger partial charge in [0.1, 0.15) is 6.61 Å². The van der Waals surface area contributed by atoms with Crippen molar-refractivity contribution in [2.75, 3.05) is 13.2 Å². The van der Waals surface area contributed by atoms with E-state index in [2.05, 4.69) is 10.1 Å². The van der Waals surface area contributed by atoms with E-state index in [4.69, 9.17) is 4.74 Å². The van der Waals surface area contributed by atoms with Gasteiger partial charge in [0.2, 0.25) is 5.82 Å². The van der Waals surface area contributed by atoms with Crippen molar-refractivity contribution < 1.29 is 28.2 Å². The maximum Gasteiger partial charge on any atom is 0.407 e. The molecule has 0 saturated carbocycles. The molecular weight excluding hydrogens is 332 g/mol. The Morgan fingerprint density at radius 1 is 1.16 bits per heavy atom. The molecule has 0 aliphatic carbocycles. The first-order valence-electron chi connectivity index (χ1n) is 7.75. The SMILES string of the molecule is CCOC(=O)N[C@H](CO)c1ccc(OCc2ccccc2)c(F)c1F. The molecule has 1 amide bonds. The lowest BCUT2D eigenvalue weighted by atomic mass is 10.1. The number of carbonyl (C=O) groups is 1. The Kier molecular flexibility index (Phi) is 6.71. The number of amides is 1. The number of aliphatic hydroxyl groups is 1. The fourth-order valence-electron chi connectivity index (χ4n) is 2.20. The van der Waals surface area contributed by atoms with Crippen molar-refractivity contribution in [3.8, 4) is 5.75 Å². The molecule has 0 radical (unpaired) electrons. The van der Waals surface area contributed by atoms with Gasteiger partial charge >= 0.3 is 6.09 Å². The number of rotatable bonds is 7. The third kappa shape index (κ3) is 4.90. The van der Waals surface area contributed by atoms with Crippen LogP contribution in [0.25, 0.3) is 0 Å². The van der Waals surface area contributed by atoms with Crippen LogP contribution in [-0.2, 0) is 11.3 Å². The first-order chi connectivity index (χ1) is 12.1. The number of ether oxygens (including phenoxy) is 2. The second-order valence-corrected chi connectivity index (χ2v) is 5.16. The molecule has 1 atom stereocenters. The van der Waals surface area contributed by atoms with Crippen molar-refractivity contribution in [1.29, 1.82) is 0 Å². The second-order valence-electron chi connectivity index (χ2n) is 5.16. The molecule has 0 spiro atoms. The number of carbonyl (C=O) groups excluding carboxylic acids is 1. The van der Waals surface area contributed by atoms with Crippen molar-refractivity contribution in [3.05, 3.63) is 65.2 Å². The van der Waals surface area contributed by atoms with Gasteiger partial charge in [0.05, 0.1) is 19.3 Å². The van der Waals surface area contributed by atoms with Gasteiger partial charge in [-0.05, 0) is 18.6 Å². The summed E-state index contributed by atoms with van der Waals surface area (Å²) in [6.45, 7) is 1.19. The molecule has 7 heteroatoms. The smallest absolute Gasteiger partial charge is 0.407 e. The average Bonchev–Trinajstić information content (AvgIpc) is 2.62. The van der Waals surface area contributed by atoms with Crippen molar-refractivity contribution in [1.82, 2.24) is 5.32 Å². The van der Waals surface area contributed by atoms with Gasteiger partial charge in [-0.2, -0.15) is 4.39 Å². The van der Waals surface area contributed by atoms with Crippen molar-refractivity contribution >= 4 is 6.09 Å². The summed E-state index contributed by atoms with van der Waals surface area (Å²) in [5, 5.41) is 11.6. The van der Waals surface area contributed by atoms with E-state index in [0.29, 0.717) is 0 Å². The van der Waals surface area contributed by atoms with Crippen LogP contribution in [0.4, 0.5) is 13.6 Å². The fourth-order valence-corrected chi connectivity index (χ4v) is 2.20. The van der Waals surface area contributed by atoms with Crippen LogP contribution in [0.3, 0.4) is 0 Å². The highest BCUT2D eigenvalue weighted by atomic mass is 19.2. The Morgan fingerprint density at radius 2 is 1.88 bits per heavy atom. The van der Waals surface area contributed by atoms with Gasteiger partial charge in [-0.1, -0.05) is 36.4 Å². The van der Waals surface area contributed by atoms with E-state index in [0.717, 1.165) is 5.56 Å². The van der Waals surface area contributed by atoms with E-state index in [1.165, 1.54) is 12.1 Å². The van der Waals surface area contributed by atoms with Crippen LogP contribution in [0.15, 0.2) is 42.5 Å². The van der Waals surface area contributed by atoms with Gasteiger partial charge in [0.25, 0.3) is 0 Å². The van der Waals surface area contributed by atoms with Crippen LogP contribution in [-0.4, -0.2) is 24.4 Å². The van der Waals surface area contributed by atoms with E-state index in [1.807, 2.05) is 18.2 Å². The molecular formula is C18H19F2NO4. The van der Waals surface area contributed by atoms with Gasteiger partial charge < -0.3 is 19.9 Å². The summed E-state index contributed by atoms with van der Waals surface area (Å²) in [6.07, 6.45) is -0.828. The average molecular weight is 351 g/mol. The number of nitrogens with one attached hydrogen (secondary N) is 1. The van der Waals surface area contributed by atoms with Crippen LogP contribution in [0.5, 0.6) is 5.75 Å². The molecule has 0 aliphatic rings. The van der Waals surface area contributed by atoms with E-state index in [9.17, 15) is 18.7 Å². The molecule has 2 rings (SSSR count). The van der Waals surface area contributed by atoms with Crippen LogP contribution < -0.4 is 10.1 Å². The first kappa shape index (κ1) is 18.7. The lowest BCUT2D eigenvalue weighted by molar-refractivity contribution is 0.140. The van der Waals surface area contributed by atoms with Gasteiger partial charge in [-0.25, -0.2) is 9.18 Å². The lowest BCUT2D eigenvalue weighted by Crippen LogP contribution is -2.32. The third-order valence-electron chi connectivity index (χ3n) is 3.44. The molecule has 25 heavy (non-hydrogen) atoms. The molecule has 0 aliphatic heterocycles. The zero-order valence-electron chi connectivity index (χ0n) is 13.7. The quantitative estimate of drug-likeness (QED) is 0.803. The van der Waals surface area contributed by atoms with Crippen LogP contribution in [0.2, 0.25) is 0 Å². The lowest BCUT2D eigenvalue weighted by Gasteiger charge is -2.18. The minimum absolute atomic E-state index is 0.0844. The van der Waals surface area contributed by atoms with Gasteiger partial charge in [0.15, 0.2) is 11.6 Å². The molecule has 5 nitrogen and oxygen atoms in total. The number of aliphatic hydroxyl groups excluding tert-OH is 1. The summed E-state index contributed by atoms with van der Waals surface area (Å²) in [5.41, 5.74) is 0.615. The predicted molar refractivity (Wildman–Crippen MR) is 87.1 cm³/mol. The monoisotopic (exact) mass is 351 g/mol. The summed E-state index contributed by atoms with van der Waals surface area (Å²) in [6, 6.07) is 10.4. The fraction of sp³-hybridized carbons (Fsp3) is 0.278. The number of benzene rings is 2. The van der Waals surface area contributed by atoms with Gasteiger partial charge in [-0.3, -0.25) is 0 Å². The Balaban J connectivity index is 2.13. The highest BCUT2D eigenvalue weighted by Gasteiger charge is 2.22. The highest BCUT2D eigenvalue weighted by Crippen LogP contribution is 2.27. The van der Waals surface area contributed by atoms with E-state index in [1.54, 1.807) is 19.1 Å². The molecule has 0 heterocycles. The molecule has 0 unspecified atom stereocenters. The van der Waals surface area contributed by atoms with Crippen LogP contribution >= 0.6 is 0 Å². The summed E-state index contributed by atoms with van der Waals surface area (Å²) >= 11 is 0. The number of hydrogen-bond donors (Lipinski definition) is 2. The van der Waals surface area contributed by atoms with E-state index < -0.39 is 30.4 Å². The molecule has 0 fully saturated rings. The molecule has 0 bridgehead atoms. The maximum absolute atomic E-state index is 14.3. The molecule has 2 N–H and O–H groups in total. The standard InChI is InChI=1S/C18H19F2NO4/c1-2-24-18(23)21-14(10-22)13-8-9-15(17(20)16(13)19)25-11-12-6-4-3-5-7-12/h3-9,14,22H,2,10-11H2,1H3,(H,21,23)/t14-/m1/s1. The van der Waals surface area contributed by atoms with E-state index in [-0.39, 0.29) is 24.5 Å². The largest absolute Gasteiger partial charge is 0.486 e. The summed E-state index contributed by atoms with van der Waals surface area (Å²) in [4.78, 5) is 11.4. The normalized spacial score (nSPS) is 11.7. The van der Waals surface area contributed by atoms with Crippen LogP contribution in [0, 0.1) is 11.6 Å². The third-order valence-corrected chi connectivity index (χ3v) is 3.44. The molecule has 0 saturated heterocycles. The molecule has 2 aromatic rings. The second kappa shape index (κ2) is 8.98. The predicted octanol–water partition coefficient (Wildman–Crippen LogP) is 3.32. The van der Waals surface area contributed by atoms with Crippen molar-refractivity contribution in [2.24, 2.45) is 0 Å². The highest BCUT2D eigenvalue weighted by molar-refractivity contribution is 5.67. The van der Waals surface area contributed by atoms with Gasteiger partial charge in [-0.15, -0.1) is 0 Å². The molecule has 134 valence electrons. The number of alkyl carbamates (subject to hydrolysis) is 1. The summed E-state index contributed by atoms with van der Waals surface area (Å²) in [5.74, 6) is -2.63.